The van der Waals surface area contributed by atoms with Crippen molar-refractivity contribution in [1.82, 2.24) is 10.2 Å². The van der Waals surface area contributed by atoms with Gasteiger partial charge < -0.3 is 10.2 Å². The summed E-state index contributed by atoms with van der Waals surface area (Å²) >= 11 is 0. The molecular formula is C23H31N3O3S. The van der Waals surface area contributed by atoms with Crippen molar-refractivity contribution in [3.8, 4) is 0 Å². The summed E-state index contributed by atoms with van der Waals surface area (Å²) in [5.41, 5.74) is 3.11. The summed E-state index contributed by atoms with van der Waals surface area (Å²) in [6, 6.07) is 11.7. The SMILES string of the molecule is CCCN1CCC(NC(=O)c2ccc(S(=O)(=O)Nc3ccc(C)c(C)c3)cc2)CC1. The lowest BCUT2D eigenvalue weighted by atomic mass is 10.0. The number of benzene rings is 2. The molecule has 0 atom stereocenters. The van der Waals surface area contributed by atoms with E-state index in [0.29, 0.717) is 11.3 Å². The highest BCUT2D eigenvalue weighted by molar-refractivity contribution is 7.92. The smallest absolute Gasteiger partial charge is 0.261 e. The molecule has 1 heterocycles. The van der Waals surface area contributed by atoms with Crippen LogP contribution in [-0.4, -0.2) is 44.9 Å². The highest BCUT2D eigenvalue weighted by Gasteiger charge is 2.21. The minimum absolute atomic E-state index is 0.130. The van der Waals surface area contributed by atoms with Crippen LogP contribution < -0.4 is 10.0 Å². The molecule has 162 valence electrons. The number of carbonyl (C=O) groups excluding carboxylic acids is 1. The molecule has 1 amide bonds. The van der Waals surface area contributed by atoms with E-state index in [-0.39, 0.29) is 16.8 Å². The van der Waals surface area contributed by atoms with E-state index < -0.39 is 10.0 Å². The third-order valence-electron chi connectivity index (χ3n) is 5.65. The Labute approximate surface area is 179 Å². The van der Waals surface area contributed by atoms with E-state index >= 15 is 0 Å². The molecule has 2 aromatic rings. The van der Waals surface area contributed by atoms with Crippen LogP contribution in [0.4, 0.5) is 5.69 Å². The quantitative estimate of drug-likeness (QED) is 0.703. The number of nitrogens with zero attached hydrogens (tertiary/aromatic N) is 1. The van der Waals surface area contributed by atoms with Gasteiger partial charge in [-0.05, 0) is 87.2 Å². The van der Waals surface area contributed by atoms with Crippen LogP contribution in [0.15, 0.2) is 47.4 Å². The van der Waals surface area contributed by atoms with Crippen LogP contribution in [0.25, 0.3) is 0 Å². The second kappa shape index (κ2) is 9.62. The minimum atomic E-state index is -3.71. The van der Waals surface area contributed by atoms with Gasteiger partial charge >= 0.3 is 0 Å². The zero-order valence-electron chi connectivity index (χ0n) is 17.9. The van der Waals surface area contributed by atoms with E-state index in [4.69, 9.17) is 0 Å². The van der Waals surface area contributed by atoms with Gasteiger partial charge in [-0.25, -0.2) is 8.42 Å². The Kier molecular flexibility index (Phi) is 7.15. The average molecular weight is 430 g/mol. The maximum absolute atomic E-state index is 12.7. The van der Waals surface area contributed by atoms with E-state index in [1.54, 1.807) is 24.3 Å². The number of sulfonamides is 1. The first-order valence-corrected chi connectivity index (χ1v) is 12.0. The molecule has 1 aliphatic rings. The number of carbonyl (C=O) groups is 1. The van der Waals surface area contributed by atoms with E-state index in [1.165, 1.54) is 12.1 Å². The second-order valence-electron chi connectivity index (χ2n) is 8.02. The fourth-order valence-corrected chi connectivity index (χ4v) is 4.74. The number of hydrogen-bond acceptors (Lipinski definition) is 4. The highest BCUT2D eigenvalue weighted by Crippen LogP contribution is 2.20. The normalized spacial score (nSPS) is 15.7. The predicted molar refractivity (Wildman–Crippen MR) is 120 cm³/mol. The fraction of sp³-hybridized carbons (Fsp3) is 0.435. The Morgan fingerprint density at radius 2 is 1.70 bits per heavy atom. The summed E-state index contributed by atoms with van der Waals surface area (Å²) in [7, 11) is -3.71. The molecule has 2 aromatic carbocycles. The molecule has 0 spiro atoms. The second-order valence-corrected chi connectivity index (χ2v) is 9.70. The maximum atomic E-state index is 12.7. The van der Waals surface area contributed by atoms with Crippen molar-refractivity contribution in [2.75, 3.05) is 24.4 Å². The van der Waals surface area contributed by atoms with Gasteiger partial charge in [0.25, 0.3) is 15.9 Å². The largest absolute Gasteiger partial charge is 0.349 e. The first-order chi connectivity index (χ1) is 14.3. The van der Waals surface area contributed by atoms with Gasteiger partial charge in [0.1, 0.15) is 0 Å². The summed E-state index contributed by atoms with van der Waals surface area (Å²) in [6.45, 7) is 9.20. The van der Waals surface area contributed by atoms with Crippen LogP contribution in [0, 0.1) is 13.8 Å². The summed E-state index contributed by atoms with van der Waals surface area (Å²) in [6.07, 6.45) is 3.03. The van der Waals surface area contributed by atoms with E-state index in [1.807, 2.05) is 19.9 Å². The fourth-order valence-electron chi connectivity index (χ4n) is 3.69. The van der Waals surface area contributed by atoms with Crippen LogP contribution in [0.1, 0.15) is 47.7 Å². The van der Waals surface area contributed by atoms with Crippen LogP contribution in [-0.2, 0) is 10.0 Å². The van der Waals surface area contributed by atoms with Crippen molar-refractivity contribution < 1.29 is 13.2 Å². The topological polar surface area (TPSA) is 78.5 Å². The summed E-state index contributed by atoms with van der Waals surface area (Å²) in [4.78, 5) is 15.1. The van der Waals surface area contributed by atoms with Gasteiger partial charge in [-0.15, -0.1) is 0 Å². The van der Waals surface area contributed by atoms with Crippen LogP contribution in [0.3, 0.4) is 0 Å². The molecule has 6 nitrogen and oxygen atoms in total. The summed E-state index contributed by atoms with van der Waals surface area (Å²) < 4.78 is 27.9. The monoisotopic (exact) mass is 429 g/mol. The first kappa shape index (κ1) is 22.3. The van der Waals surface area contributed by atoms with Gasteiger partial charge in [0.15, 0.2) is 0 Å². The molecule has 2 N–H and O–H groups in total. The van der Waals surface area contributed by atoms with Crippen molar-refractivity contribution >= 4 is 21.6 Å². The Morgan fingerprint density at radius 1 is 1.03 bits per heavy atom. The van der Waals surface area contributed by atoms with Crippen molar-refractivity contribution in [2.24, 2.45) is 0 Å². The van der Waals surface area contributed by atoms with Crippen LogP contribution >= 0.6 is 0 Å². The Hall–Kier alpha value is -2.38. The lowest BCUT2D eigenvalue weighted by molar-refractivity contribution is 0.0911. The maximum Gasteiger partial charge on any atom is 0.261 e. The molecule has 0 bridgehead atoms. The lowest BCUT2D eigenvalue weighted by Gasteiger charge is -2.32. The third-order valence-corrected chi connectivity index (χ3v) is 7.05. The first-order valence-electron chi connectivity index (χ1n) is 10.5. The van der Waals surface area contributed by atoms with Gasteiger partial charge in [0.2, 0.25) is 0 Å². The molecule has 0 aliphatic carbocycles. The molecule has 7 heteroatoms. The number of aryl methyl sites for hydroxylation is 2. The number of amides is 1. The van der Waals surface area contributed by atoms with E-state index in [0.717, 1.165) is 50.0 Å². The molecule has 0 aromatic heterocycles. The molecule has 0 radical (unpaired) electrons. The number of anilines is 1. The molecule has 1 fully saturated rings. The molecule has 1 aliphatic heterocycles. The van der Waals surface area contributed by atoms with E-state index in [9.17, 15) is 13.2 Å². The van der Waals surface area contributed by atoms with Gasteiger partial charge in [-0.3, -0.25) is 9.52 Å². The average Bonchev–Trinajstić information content (AvgIpc) is 2.72. The number of likely N-dealkylation sites (tertiary alicyclic amines) is 1. The third kappa shape index (κ3) is 5.61. The molecule has 1 saturated heterocycles. The zero-order valence-corrected chi connectivity index (χ0v) is 18.8. The van der Waals surface area contributed by atoms with Gasteiger partial charge in [0, 0.05) is 30.4 Å². The Bertz CT molecular complexity index is 979. The summed E-state index contributed by atoms with van der Waals surface area (Å²) in [5.74, 6) is -0.157. The minimum Gasteiger partial charge on any atom is -0.349 e. The molecule has 30 heavy (non-hydrogen) atoms. The number of piperidine rings is 1. The zero-order chi connectivity index (χ0) is 21.7. The van der Waals surface area contributed by atoms with Crippen LogP contribution in [0.2, 0.25) is 0 Å². The standard InChI is InChI=1S/C23H31N3O3S/c1-4-13-26-14-11-20(12-15-26)24-23(27)19-6-9-22(10-7-19)30(28,29)25-21-8-5-17(2)18(3)16-21/h5-10,16,20,25H,4,11-15H2,1-3H3,(H,24,27). The van der Waals surface area contributed by atoms with E-state index in [2.05, 4.69) is 21.9 Å². The molecule has 3 rings (SSSR count). The number of nitrogens with one attached hydrogen (secondary N) is 2. The van der Waals surface area contributed by atoms with Gasteiger partial charge in [-0.2, -0.15) is 0 Å². The van der Waals surface area contributed by atoms with Gasteiger partial charge in [-0.1, -0.05) is 13.0 Å². The summed E-state index contributed by atoms with van der Waals surface area (Å²) in [5, 5.41) is 3.08. The van der Waals surface area contributed by atoms with Gasteiger partial charge in [0.05, 0.1) is 4.90 Å². The predicted octanol–water partition coefficient (Wildman–Crippen LogP) is 3.71. The van der Waals surface area contributed by atoms with Crippen molar-refractivity contribution in [2.45, 2.75) is 51.0 Å². The number of hydrogen-bond donors (Lipinski definition) is 2. The van der Waals surface area contributed by atoms with Crippen molar-refractivity contribution in [1.29, 1.82) is 0 Å². The Morgan fingerprint density at radius 3 is 2.30 bits per heavy atom. The lowest BCUT2D eigenvalue weighted by Crippen LogP contribution is -2.44. The molecule has 0 saturated carbocycles. The highest BCUT2D eigenvalue weighted by atomic mass is 32.2. The number of rotatable bonds is 7. The molecule has 0 unspecified atom stereocenters. The van der Waals surface area contributed by atoms with Crippen molar-refractivity contribution in [3.05, 3.63) is 59.2 Å². The molecular weight excluding hydrogens is 398 g/mol. The Balaban J connectivity index is 1.61. The van der Waals surface area contributed by atoms with Crippen LogP contribution in [0.5, 0.6) is 0 Å². The van der Waals surface area contributed by atoms with Crippen molar-refractivity contribution in [3.63, 3.8) is 0 Å².